The Morgan fingerprint density at radius 3 is 2.57 bits per heavy atom. The highest BCUT2D eigenvalue weighted by atomic mass is 35.5. The molecule has 9 heteroatoms. The molecule has 2 aromatic rings. The first-order chi connectivity index (χ1) is 9.83. The summed E-state index contributed by atoms with van der Waals surface area (Å²) in [5.74, 6) is -0.752. The molecule has 0 saturated heterocycles. The van der Waals surface area contributed by atoms with Crippen molar-refractivity contribution in [3.05, 3.63) is 40.2 Å². The molecule has 0 spiro atoms. The largest absolute Gasteiger partial charge is 0.495 e. The fourth-order valence-electron chi connectivity index (χ4n) is 1.51. The van der Waals surface area contributed by atoms with Gasteiger partial charge >= 0.3 is 5.97 Å². The normalized spacial score (nSPS) is 11.1. The molecule has 2 N–H and O–H groups in total. The lowest BCUT2D eigenvalue weighted by molar-refractivity contribution is 0.0702. The first-order valence-electron chi connectivity index (χ1n) is 5.53. The number of ether oxygens (including phenoxy) is 1. The molecule has 0 aliphatic rings. The summed E-state index contributed by atoms with van der Waals surface area (Å²) in [5.41, 5.74) is 0. The van der Waals surface area contributed by atoms with Gasteiger partial charge in [-0.1, -0.05) is 11.6 Å². The lowest BCUT2D eigenvalue weighted by Crippen LogP contribution is -2.12. The van der Waals surface area contributed by atoms with Crippen LogP contribution in [-0.2, 0) is 10.0 Å². The molecular formula is C12H10ClNO5S2. The van der Waals surface area contributed by atoms with Crippen molar-refractivity contribution in [1.82, 2.24) is 0 Å². The number of carbonyl (C=O) groups is 1. The number of hydrogen-bond acceptors (Lipinski definition) is 5. The second kappa shape index (κ2) is 5.92. The average Bonchev–Trinajstić information content (AvgIpc) is 2.86. The maximum Gasteiger partial charge on any atom is 0.345 e. The van der Waals surface area contributed by atoms with Crippen molar-refractivity contribution in [2.75, 3.05) is 11.8 Å². The van der Waals surface area contributed by atoms with E-state index in [1.165, 1.54) is 37.4 Å². The van der Waals surface area contributed by atoms with Gasteiger partial charge in [0.15, 0.2) is 0 Å². The minimum atomic E-state index is -3.85. The lowest BCUT2D eigenvalue weighted by atomic mass is 10.3. The van der Waals surface area contributed by atoms with Gasteiger partial charge in [0.25, 0.3) is 10.0 Å². The van der Waals surface area contributed by atoms with Crippen molar-refractivity contribution in [2.24, 2.45) is 0 Å². The van der Waals surface area contributed by atoms with E-state index in [4.69, 9.17) is 21.4 Å². The van der Waals surface area contributed by atoms with E-state index in [2.05, 4.69) is 4.72 Å². The van der Waals surface area contributed by atoms with E-state index >= 15 is 0 Å². The van der Waals surface area contributed by atoms with E-state index in [1.807, 2.05) is 0 Å². The lowest BCUT2D eigenvalue weighted by Gasteiger charge is -2.08. The van der Waals surface area contributed by atoms with Gasteiger partial charge in [-0.3, -0.25) is 4.72 Å². The van der Waals surface area contributed by atoms with Gasteiger partial charge in [0.2, 0.25) is 0 Å². The Hall–Kier alpha value is -1.77. The second-order valence-electron chi connectivity index (χ2n) is 3.87. The highest BCUT2D eigenvalue weighted by Crippen LogP contribution is 2.29. The minimum absolute atomic E-state index is 0.0421. The summed E-state index contributed by atoms with van der Waals surface area (Å²) in [6.45, 7) is 0. The first-order valence-corrected chi connectivity index (χ1v) is 8.21. The highest BCUT2D eigenvalue weighted by molar-refractivity contribution is 7.93. The Bertz CT molecular complexity index is 785. The molecule has 0 unspecified atom stereocenters. The Morgan fingerprint density at radius 1 is 1.33 bits per heavy atom. The van der Waals surface area contributed by atoms with E-state index in [1.54, 1.807) is 0 Å². The number of carboxylic acid groups (broad SMARTS) is 1. The third-order valence-electron chi connectivity index (χ3n) is 2.49. The van der Waals surface area contributed by atoms with Crippen molar-refractivity contribution >= 4 is 43.9 Å². The van der Waals surface area contributed by atoms with Crippen molar-refractivity contribution in [3.8, 4) is 5.75 Å². The summed E-state index contributed by atoms with van der Waals surface area (Å²) in [6.07, 6.45) is 0. The number of carboxylic acids is 1. The zero-order valence-corrected chi connectivity index (χ0v) is 13.1. The number of benzene rings is 1. The third kappa shape index (κ3) is 3.46. The van der Waals surface area contributed by atoms with E-state index < -0.39 is 16.0 Å². The standard InChI is InChI=1S/C12H10ClNO5S2/c1-19-9-3-2-7(6-8(9)13)21(17,18)14-11-5-4-10(20-11)12(15)16/h2-6,14H,1H3,(H,15,16). The molecule has 0 aliphatic heterocycles. The Labute approximate surface area is 130 Å². The quantitative estimate of drug-likeness (QED) is 0.867. The summed E-state index contributed by atoms with van der Waals surface area (Å²) < 4.78 is 31.6. The van der Waals surface area contributed by atoms with Crippen molar-refractivity contribution in [1.29, 1.82) is 0 Å². The molecule has 1 aromatic carbocycles. The SMILES string of the molecule is COc1ccc(S(=O)(=O)Nc2ccc(C(=O)O)s2)cc1Cl. The van der Waals surface area contributed by atoms with Crippen molar-refractivity contribution in [2.45, 2.75) is 4.90 Å². The summed E-state index contributed by atoms with van der Waals surface area (Å²) >= 11 is 6.72. The summed E-state index contributed by atoms with van der Waals surface area (Å²) in [5, 5.41) is 9.18. The zero-order chi connectivity index (χ0) is 15.6. The maximum atomic E-state index is 12.2. The van der Waals surface area contributed by atoms with Crippen LogP contribution in [0.2, 0.25) is 5.02 Å². The molecule has 1 heterocycles. The molecule has 0 amide bonds. The maximum absolute atomic E-state index is 12.2. The van der Waals surface area contributed by atoms with Gasteiger partial charge in [0.1, 0.15) is 15.6 Å². The van der Waals surface area contributed by atoms with Crippen LogP contribution in [0.3, 0.4) is 0 Å². The molecule has 0 atom stereocenters. The van der Waals surface area contributed by atoms with Gasteiger partial charge in [0.05, 0.1) is 17.0 Å². The van der Waals surface area contributed by atoms with E-state index in [0.717, 1.165) is 11.3 Å². The van der Waals surface area contributed by atoms with Crippen LogP contribution in [0.15, 0.2) is 35.2 Å². The number of thiophene rings is 1. The zero-order valence-electron chi connectivity index (χ0n) is 10.7. The number of nitrogens with one attached hydrogen (secondary N) is 1. The Kier molecular flexibility index (Phi) is 4.40. The van der Waals surface area contributed by atoms with Crippen molar-refractivity contribution < 1.29 is 23.1 Å². The predicted octanol–water partition coefficient (Wildman–Crippen LogP) is 2.91. The third-order valence-corrected chi connectivity index (χ3v) is 5.26. The number of aromatic carboxylic acids is 1. The van der Waals surface area contributed by atoms with Gasteiger partial charge < -0.3 is 9.84 Å². The molecule has 112 valence electrons. The topological polar surface area (TPSA) is 92.7 Å². The molecule has 0 bridgehead atoms. The van der Waals surface area contributed by atoms with Crippen LogP contribution in [0.5, 0.6) is 5.75 Å². The molecular weight excluding hydrogens is 338 g/mol. The molecule has 0 fully saturated rings. The average molecular weight is 348 g/mol. The number of hydrogen-bond donors (Lipinski definition) is 2. The molecule has 1 aromatic heterocycles. The molecule has 0 radical (unpaired) electrons. The van der Waals surface area contributed by atoms with Crippen LogP contribution in [0.1, 0.15) is 9.67 Å². The molecule has 6 nitrogen and oxygen atoms in total. The number of rotatable bonds is 5. The van der Waals surface area contributed by atoms with Crippen molar-refractivity contribution in [3.63, 3.8) is 0 Å². The van der Waals surface area contributed by atoms with Gasteiger partial charge in [0, 0.05) is 0 Å². The monoisotopic (exact) mass is 347 g/mol. The van der Waals surface area contributed by atoms with E-state index in [-0.39, 0.29) is 19.8 Å². The van der Waals surface area contributed by atoms with Gasteiger partial charge in [-0.2, -0.15) is 0 Å². The van der Waals surface area contributed by atoms with Gasteiger partial charge in [-0.05, 0) is 30.3 Å². The fraction of sp³-hybridized carbons (Fsp3) is 0.0833. The van der Waals surface area contributed by atoms with Crippen LogP contribution in [0.25, 0.3) is 0 Å². The molecule has 0 aliphatic carbocycles. The van der Waals surface area contributed by atoms with Crippen LogP contribution in [0.4, 0.5) is 5.00 Å². The van der Waals surface area contributed by atoms with Crippen LogP contribution in [0, 0.1) is 0 Å². The van der Waals surface area contributed by atoms with Gasteiger partial charge in [-0.25, -0.2) is 13.2 Å². The fourth-order valence-corrected chi connectivity index (χ4v) is 3.90. The number of anilines is 1. The first kappa shape index (κ1) is 15.6. The summed E-state index contributed by atoms with van der Waals surface area (Å²) in [7, 11) is -2.42. The van der Waals surface area contributed by atoms with E-state index in [0.29, 0.717) is 5.75 Å². The summed E-state index contributed by atoms with van der Waals surface area (Å²) in [6, 6.07) is 6.75. The number of halogens is 1. The molecule has 2 rings (SSSR count). The molecule has 21 heavy (non-hydrogen) atoms. The minimum Gasteiger partial charge on any atom is -0.495 e. The highest BCUT2D eigenvalue weighted by Gasteiger charge is 2.18. The van der Waals surface area contributed by atoms with Crippen LogP contribution < -0.4 is 9.46 Å². The Balaban J connectivity index is 2.29. The van der Waals surface area contributed by atoms with Gasteiger partial charge in [-0.15, -0.1) is 11.3 Å². The second-order valence-corrected chi connectivity index (χ2v) is 7.04. The van der Waals surface area contributed by atoms with Crippen LogP contribution in [-0.4, -0.2) is 26.6 Å². The Morgan fingerprint density at radius 2 is 2.05 bits per heavy atom. The molecule has 0 saturated carbocycles. The van der Waals surface area contributed by atoms with E-state index in [9.17, 15) is 13.2 Å². The number of methoxy groups -OCH3 is 1. The number of sulfonamides is 1. The smallest absolute Gasteiger partial charge is 0.345 e. The summed E-state index contributed by atoms with van der Waals surface area (Å²) in [4.78, 5) is 10.8. The predicted molar refractivity (Wildman–Crippen MR) is 80.1 cm³/mol. The van der Waals surface area contributed by atoms with Crippen LogP contribution >= 0.6 is 22.9 Å².